The quantitative estimate of drug-likeness (QED) is 0.609. The van der Waals surface area contributed by atoms with Crippen molar-refractivity contribution < 1.29 is 19.1 Å². The first-order valence-electron chi connectivity index (χ1n) is 10.5. The number of hydrogen-bond donors (Lipinski definition) is 1. The largest absolute Gasteiger partial charge is 0.444 e. The average molecular weight is 451 g/mol. The van der Waals surface area contributed by atoms with E-state index in [0.717, 1.165) is 0 Å². The summed E-state index contributed by atoms with van der Waals surface area (Å²) in [5.41, 5.74) is 1.59. The van der Waals surface area contributed by atoms with Crippen LogP contribution in [0.5, 0.6) is 0 Å². The number of carbonyl (C=O) groups is 3. The van der Waals surface area contributed by atoms with Crippen molar-refractivity contribution in [3.05, 3.63) is 63.2 Å². The molecule has 2 aromatic heterocycles. The van der Waals surface area contributed by atoms with Crippen molar-refractivity contribution in [2.45, 2.75) is 39.3 Å². The van der Waals surface area contributed by atoms with Gasteiger partial charge in [0.15, 0.2) is 11.9 Å². The molecule has 33 heavy (non-hydrogen) atoms. The first-order chi connectivity index (χ1) is 15.6. The summed E-state index contributed by atoms with van der Waals surface area (Å²) in [5.74, 6) is -0.246. The summed E-state index contributed by atoms with van der Waals surface area (Å²) in [6.07, 6.45) is 1.87. The highest BCUT2D eigenvalue weighted by Gasteiger charge is 2.30. The van der Waals surface area contributed by atoms with Crippen LogP contribution in [-0.2, 0) is 17.7 Å². The van der Waals surface area contributed by atoms with Crippen molar-refractivity contribution in [2.75, 3.05) is 13.6 Å². The fourth-order valence-electron chi connectivity index (χ4n) is 3.89. The molecule has 2 amide bonds. The number of amides is 2. The first kappa shape index (κ1) is 22.3. The Bertz CT molecular complexity index is 1310. The molecule has 0 spiro atoms. The van der Waals surface area contributed by atoms with E-state index < -0.39 is 11.7 Å². The van der Waals surface area contributed by atoms with Crippen molar-refractivity contribution >= 4 is 23.9 Å². The van der Waals surface area contributed by atoms with Crippen molar-refractivity contribution in [1.29, 1.82) is 0 Å². The molecule has 0 fully saturated rings. The van der Waals surface area contributed by atoms with E-state index in [0.29, 0.717) is 47.4 Å². The number of rotatable bonds is 3. The summed E-state index contributed by atoms with van der Waals surface area (Å²) in [4.78, 5) is 51.3. The lowest BCUT2D eigenvalue weighted by Gasteiger charge is -2.31. The molecule has 3 heterocycles. The van der Waals surface area contributed by atoms with Crippen LogP contribution in [0.25, 0.3) is 11.3 Å². The Morgan fingerprint density at radius 3 is 2.48 bits per heavy atom. The predicted octanol–water partition coefficient (Wildman–Crippen LogP) is 1.95. The molecule has 1 aliphatic rings. The van der Waals surface area contributed by atoms with E-state index in [1.165, 1.54) is 27.2 Å². The number of nitrogens with zero attached hydrogens (tertiary/aromatic N) is 4. The first-order valence-corrected chi connectivity index (χ1v) is 10.5. The second-order valence-corrected chi connectivity index (χ2v) is 8.80. The minimum Gasteiger partial charge on any atom is -0.444 e. The summed E-state index contributed by atoms with van der Waals surface area (Å²) < 4.78 is 8.43. The third-order valence-corrected chi connectivity index (χ3v) is 5.41. The maximum Gasteiger partial charge on any atom is 0.410 e. The lowest BCUT2D eigenvalue weighted by Crippen LogP contribution is -2.43. The molecule has 0 unspecified atom stereocenters. The molecule has 172 valence electrons. The van der Waals surface area contributed by atoms with Crippen LogP contribution in [0.15, 0.2) is 35.3 Å². The Kier molecular flexibility index (Phi) is 5.52. The molecule has 0 atom stereocenters. The number of fused-ring (bicyclic) bond motifs is 3. The fourth-order valence-corrected chi connectivity index (χ4v) is 3.89. The third-order valence-electron chi connectivity index (χ3n) is 5.41. The third kappa shape index (κ3) is 3.99. The topological polar surface area (TPSA) is 115 Å². The van der Waals surface area contributed by atoms with Gasteiger partial charge < -0.3 is 15.0 Å². The molecule has 4 rings (SSSR count). The summed E-state index contributed by atoms with van der Waals surface area (Å²) >= 11 is 0. The smallest absolute Gasteiger partial charge is 0.410 e. The molecule has 1 aromatic carbocycles. The van der Waals surface area contributed by atoms with Crippen LogP contribution in [0, 0.1) is 0 Å². The predicted molar refractivity (Wildman–Crippen MR) is 120 cm³/mol. The summed E-state index contributed by atoms with van der Waals surface area (Å²) in [7, 11) is 1.54. The van der Waals surface area contributed by atoms with Gasteiger partial charge in [0.05, 0.1) is 29.7 Å². The van der Waals surface area contributed by atoms with E-state index in [1.807, 2.05) is 0 Å². The van der Waals surface area contributed by atoms with E-state index in [9.17, 15) is 19.2 Å². The Morgan fingerprint density at radius 2 is 1.88 bits per heavy atom. The second kappa shape index (κ2) is 8.19. The number of aromatic nitrogens is 3. The van der Waals surface area contributed by atoms with Crippen molar-refractivity contribution in [1.82, 2.24) is 24.4 Å². The number of carbonyl (C=O) groups excluding carboxylic acids is 3. The SMILES string of the molecule is CNC(=O)c1ccc(-n2c(=O)c3c(n4ncc(C=O)c24)CN(C(=O)OC(C)(C)C)CC3)cc1. The highest BCUT2D eigenvalue weighted by atomic mass is 16.6. The Morgan fingerprint density at radius 1 is 1.18 bits per heavy atom. The van der Waals surface area contributed by atoms with Crippen molar-refractivity contribution in [2.24, 2.45) is 0 Å². The molecular weight excluding hydrogens is 426 g/mol. The van der Waals surface area contributed by atoms with Crippen LogP contribution in [-0.4, -0.2) is 56.6 Å². The van der Waals surface area contributed by atoms with Crippen LogP contribution >= 0.6 is 0 Å². The van der Waals surface area contributed by atoms with Gasteiger partial charge in [-0.05, 0) is 51.5 Å². The van der Waals surface area contributed by atoms with Gasteiger partial charge in [0.1, 0.15) is 5.60 Å². The zero-order valence-electron chi connectivity index (χ0n) is 18.9. The van der Waals surface area contributed by atoms with Crippen LogP contribution in [0.2, 0.25) is 0 Å². The molecule has 0 aliphatic carbocycles. The summed E-state index contributed by atoms with van der Waals surface area (Å²) in [6.45, 7) is 5.82. The normalized spacial score (nSPS) is 13.5. The molecule has 1 aliphatic heterocycles. The number of hydrogen-bond acceptors (Lipinski definition) is 6. The molecule has 10 heteroatoms. The van der Waals surface area contributed by atoms with E-state index >= 15 is 0 Å². The highest BCUT2D eigenvalue weighted by Crippen LogP contribution is 2.23. The lowest BCUT2D eigenvalue weighted by molar-refractivity contribution is 0.0218. The number of nitrogens with one attached hydrogen (secondary N) is 1. The van der Waals surface area contributed by atoms with Gasteiger partial charge in [-0.1, -0.05) is 0 Å². The number of ether oxygens (including phenoxy) is 1. The monoisotopic (exact) mass is 451 g/mol. The summed E-state index contributed by atoms with van der Waals surface area (Å²) in [6, 6.07) is 6.51. The molecule has 0 saturated carbocycles. The van der Waals surface area contributed by atoms with E-state index in [2.05, 4.69) is 10.4 Å². The molecule has 1 N–H and O–H groups in total. The van der Waals surface area contributed by atoms with E-state index in [1.54, 1.807) is 45.0 Å². The lowest BCUT2D eigenvalue weighted by atomic mass is 10.1. The number of benzene rings is 1. The van der Waals surface area contributed by atoms with Crippen LogP contribution in [0.1, 0.15) is 52.7 Å². The zero-order valence-corrected chi connectivity index (χ0v) is 18.9. The second-order valence-electron chi connectivity index (χ2n) is 8.80. The number of aldehydes is 1. The molecule has 0 bridgehead atoms. The molecular formula is C23H25N5O5. The van der Waals surface area contributed by atoms with E-state index in [-0.39, 0.29) is 23.6 Å². The minimum atomic E-state index is -0.646. The van der Waals surface area contributed by atoms with Gasteiger partial charge in [0.25, 0.3) is 11.5 Å². The highest BCUT2D eigenvalue weighted by molar-refractivity contribution is 5.94. The minimum absolute atomic E-state index is 0.131. The van der Waals surface area contributed by atoms with Gasteiger partial charge in [-0.2, -0.15) is 5.10 Å². The van der Waals surface area contributed by atoms with Crippen molar-refractivity contribution in [3.63, 3.8) is 0 Å². The fraction of sp³-hybridized carbons (Fsp3) is 0.348. The van der Waals surface area contributed by atoms with E-state index in [4.69, 9.17) is 4.74 Å². The zero-order chi connectivity index (χ0) is 23.9. The van der Waals surface area contributed by atoms with Crippen LogP contribution in [0.4, 0.5) is 4.79 Å². The van der Waals surface area contributed by atoms with Gasteiger partial charge in [0, 0.05) is 24.7 Å². The molecule has 3 aromatic rings. The summed E-state index contributed by atoms with van der Waals surface area (Å²) in [5, 5.41) is 6.89. The molecule has 0 saturated heterocycles. The maximum absolute atomic E-state index is 13.6. The standard InChI is InChI=1S/C23H25N5O5/c1-23(2,3)33-22(32)26-10-9-17-18(12-26)28-20(15(13-29)11-25-28)27(21(17)31)16-7-5-14(6-8-16)19(30)24-4/h5-8,11,13H,9-10,12H2,1-4H3,(H,24,30). The van der Waals surface area contributed by atoms with Crippen molar-refractivity contribution in [3.8, 4) is 5.69 Å². The average Bonchev–Trinajstić information content (AvgIpc) is 3.21. The maximum atomic E-state index is 13.6. The Balaban J connectivity index is 1.85. The van der Waals surface area contributed by atoms with Crippen LogP contribution < -0.4 is 10.9 Å². The Hall–Kier alpha value is -3.95. The van der Waals surface area contributed by atoms with Gasteiger partial charge in [-0.15, -0.1) is 0 Å². The Labute approximate surface area is 189 Å². The molecule has 10 nitrogen and oxygen atoms in total. The van der Waals surface area contributed by atoms with Gasteiger partial charge >= 0.3 is 6.09 Å². The van der Waals surface area contributed by atoms with Gasteiger partial charge in [0.2, 0.25) is 0 Å². The molecule has 0 radical (unpaired) electrons. The van der Waals surface area contributed by atoms with Gasteiger partial charge in [-0.3, -0.25) is 19.0 Å². The van der Waals surface area contributed by atoms with Gasteiger partial charge in [-0.25, -0.2) is 9.31 Å². The van der Waals surface area contributed by atoms with Crippen LogP contribution in [0.3, 0.4) is 0 Å².